The van der Waals surface area contributed by atoms with Crippen molar-refractivity contribution >= 4 is 22.6 Å². The van der Waals surface area contributed by atoms with Gasteiger partial charge < -0.3 is 10.2 Å². The average molecular weight is 216 g/mol. The van der Waals surface area contributed by atoms with Crippen LogP contribution < -0.4 is 5.73 Å². The van der Waals surface area contributed by atoms with E-state index in [0.29, 0.717) is 28.3 Å². The Morgan fingerprint density at radius 1 is 1.50 bits per heavy atom. The molecule has 0 aliphatic heterocycles. The largest absolute Gasteiger partial charge is 0.438 e. The summed E-state index contributed by atoms with van der Waals surface area (Å²) in [6.07, 6.45) is 2.26. The van der Waals surface area contributed by atoms with Crippen molar-refractivity contribution in [3.8, 4) is 0 Å². The number of nitrogens with zero attached hydrogens (tertiary/aromatic N) is 1. The van der Waals surface area contributed by atoms with Crippen LogP contribution in [0.25, 0.3) is 11.1 Å². The maximum atomic E-state index is 11.3. The first-order valence-electron chi connectivity index (χ1n) is 5.36. The van der Waals surface area contributed by atoms with Gasteiger partial charge in [-0.05, 0) is 31.9 Å². The van der Waals surface area contributed by atoms with E-state index in [9.17, 15) is 4.79 Å². The third kappa shape index (κ3) is 1.38. The number of carbonyl (C=O) groups excluding carboxylic acids is 1. The van der Waals surface area contributed by atoms with Gasteiger partial charge in [-0.2, -0.15) is 0 Å². The Morgan fingerprint density at radius 2 is 2.25 bits per heavy atom. The molecule has 0 atom stereocenters. The number of rotatable bonds is 2. The van der Waals surface area contributed by atoms with Gasteiger partial charge in [-0.25, -0.2) is 4.98 Å². The Bertz CT molecular complexity index is 582. The number of nitrogens with two attached hydrogens (primary N) is 1. The molecule has 0 saturated heterocycles. The van der Waals surface area contributed by atoms with Crippen molar-refractivity contribution in [3.05, 3.63) is 23.6 Å². The van der Waals surface area contributed by atoms with Gasteiger partial charge in [0.15, 0.2) is 17.3 Å². The number of fused-ring (bicyclic) bond motifs is 1. The topological polar surface area (TPSA) is 69.1 Å². The Balaban J connectivity index is 2.21. The lowest BCUT2D eigenvalue weighted by atomic mass is 10.1. The molecule has 0 spiro atoms. The van der Waals surface area contributed by atoms with Crippen molar-refractivity contribution in [2.45, 2.75) is 25.7 Å². The molecular weight excluding hydrogens is 204 g/mol. The van der Waals surface area contributed by atoms with Gasteiger partial charge in [0.05, 0.1) is 5.69 Å². The summed E-state index contributed by atoms with van der Waals surface area (Å²) < 4.78 is 5.61. The minimum atomic E-state index is -0.00966. The molecule has 0 bridgehead atoms. The lowest BCUT2D eigenvalue weighted by Gasteiger charge is -1.97. The molecule has 1 aliphatic carbocycles. The predicted molar refractivity (Wildman–Crippen MR) is 60.4 cm³/mol. The van der Waals surface area contributed by atoms with Crippen LogP contribution in [0.15, 0.2) is 16.5 Å². The van der Waals surface area contributed by atoms with E-state index in [1.807, 2.05) is 0 Å². The quantitative estimate of drug-likeness (QED) is 0.618. The average Bonchev–Trinajstić information content (AvgIpc) is 2.98. The Kier molecular flexibility index (Phi) is 1.80. The van der Waals surface area contributed by atoms with Gasteiger partial charge in [0.25, 0.3) is 0 Å². The highest BCUT2D eigenvalue weighted by Crippen LogP contribution is 2.41. The predicted octanol–water partition coefficient (Wildman–Crippen LogP) is 2.49. The van der Waals surface area contributed by atoms with Crippen molar-refractivity contribution < 1.29 is 9.21 Å². The van der Waals surface area contributed by atoms with Crippen LogP contribution in [0.4, 0.5) is 5.69 Å². The number of oxazole rings is 1. The molecule has 4 nitrogen and oxygen atoms in total. The summed E-state index contributed by atoms with van der Waals surface area (Å²) in [5.74, 6) is 1.19. The van der Waals surface area contributed by atoms with E-state index in [1.165, 1.54) is 6.92 Å². The van der Waals surface area contributed by atoms with Gasteiger partial charge in [-0.1, -0.05) is 0 Å². The van der Waals surface area contributed by atoms with E-state index >= 15 is 0 Å². The molecule has 1 heterocycles. The molecule has 16 heavy (non-hydrogen) atoms. The number of anilines is 1. The summed E-state index contributed by atoms with van der Waals surface area (Å²) in [5, 5.41) is 0. The van der Waals surface area contributed by atoms with Crippen LogP contribution in [-0.4, -0.2) is 10.8 Å². The van der Waals surface area contributed by atoms with Crippen LogP contribution in [0, 0.1) is 0 Å². The van der Waals surface area contributed by atoms with Crippen molar-refractivity contribution in [2.24, 2.45) is 0 Å². The number of ketones is 1. The summed E-state index contributed by atoms with van der Waals surface area (Å²) >= 11 is 0. The highest BCUT2D eigenvalue weighted by atomic mass is 16.3. The van der Waals surface area contributed by atoms with Gasteiger partial charge in [-0.15, -0.1) is 0 Å². The molecule has 1 saturated carbocycles. The molecule has 0 amide bonds. The van der Waals surface area contributed by atoms with Crippen LogP contribution in [0.3, 0.4) is 0 Å². The summed E-state index contributed by atoms with van der Waals surface area (Å²) in [4.78, 5) is 15.7. The fourth-order valence-corrected chi connectivity index (χ4v) is 1.78. The zero-order chi connectivity index (χ0) is 11.3. The van der Waals surface area contributed by atoms with E-state index in [-0.39, 0.29) is 5.78 Å². The fraction of sp³-hybridized carbons (Fsp3) is 0.333. The smallest absolute Gasteiger partial charge is 0.198 e. The van der Waals surface area contributed by atoms with Gasteiger partial charge >= 0.3 is 0 Å². The van der Waals surface area contributed by atoms with Crippen LogP contribution in [-0.2, 0) is 0 Å². The lowest BCUT2D eigenvalue weighted by Crippen LogP contribution is -1.95. The zero-order valence-electron chi connectivity index (χ0n) is 8.99. The van der Waals surface area contributed by atoms with Crippen molar-refractivity contribution in [2.75, 3.05) is 5.73 Å². The van der Waals surface area contributed by atoms with Gasteiger partial charge in [-0.3, -0.25) is 4.79 Å². The molecule has 82 valence electrons. The third-order valence-corrected chi connectivity index (χ3v) is 2.87. The molecule has 1 aliphatic rings. The van der Waals surface area contributed by atoms with Crippen molar-refractivity contribution in [3.63, 3.8) is 0 Å². The van der Waals surface area contributed by atoms with E-state index in [0.717, 1.165) is 18.7 Å². The first kappa shape index (κ1) is 9.39. The van der Waals surface area contributed by atoms with Crippen molar-refractivity contribution in [1.29, 1.82) is 0 Å². The maximum absolute atomic E-state index is 11.3. The number of benzene rings is 1. The minimum absolute atomic E-state index is 0.00966. The Labute approximate surface area is 92.4 Å². The monoisotopic (exact) mass is 216 g/mol. The molecule has 2 aromatic rings. The van der Waals surface area contributed by atoms with E-state index in [2.05, 4.69) is 4.98 Å². The SMILES string of the molecule is CC(=O)c1cc(N)c2oc(C3CC3)nc2c1. The number of nitrogen functional groups attached to an aromatic ring is 1. The normalized spacial score (nSPS) is 15.6. The van der Waals surface area contributed by atoms with Crippen molar-refractivity contribution in [1.82, 2.24) is 4.98 Å². The van der Waals surface area contributed by atoms with E-state index in [1.54, 1.807) is 12.1 Å². The molecule has 1 aromatic carbocycles. The number of aromatic nitrogens is 1. The highest BCUT2D eigenvalue weighted by molar-refractivity contribution is 6.00. The van der Waals surface area contributed by atoms with Crippen LogP contribution in [0.5, 0.6) is 0 Å². The molecule has 1 aromatic heterocycles. The Morgan fingerprint density at radius 3 is 2.88 bits per heavy atom. The molecule has 0 radical (unpaired) electrons. The maximum Gasteiger partial charge on any atom is 0.198 e. The number of hydrogen-bond acceptors (Lipinski definition) is 4. The second-order valence-electron chi connectivity index (χ2n) is 4.30. The van der Waals surface area contributed by atoms with E-state index in [4.69, 9.17) is 10.2 Å². The molecule has 2 N–H and O–H groups in total. The summed E-state index contributed by atoms with van der Waals surface area (Å²) in [5.41, 5.74) is 8.21. The molecule has 0 unspecified atom stereocenters. The van der Waals surface area contributed by atoms with E-state index < -0.39 is 0 Å². The van der Waals surface area contributed by atoms with Gasteiger partial charge in [0, 0.05) is 11.5 Å². The lowest BCUT2D eigenvalue weighted by molar-refractivity contribution is 0.101. The molecule has 1 fully saturated rings. The highest BCUT2D eigenvalue weighted by Gasteiger charge is 2.29. The molecular formula is C12H12N2O2. The van der Waals surface area contributed by atoms with Gasteiger partial charge in [0.1, 0.15) is 5.52 Å². The third-order valence-electron chi connectivity index (χ3n) is 2.87. The minimum Gasteiger partial charge on any atom is -0.438 e. The first-order chi connectivity index (χ1) is 7.65. The van der Waals surface area contributed by atoms with Crippen LogP contribution in [0.1, 0.15) is 41.9 Å². The van der Waals surface area contributed by atoms with Gasteiger partial charge in [0.2, 0.25) is 0 Å². The van der Waals surface area contributed by atoms with Crippen LogP contribution >= 0.6 is 0 Å². The summed E-state index contributed by atoms with van der Waals surface area (Å²) in [7, 11) is 0. The Hall–Kier alpha value is -1.84. The molecule has 4 heteroatoms. The molecule has 3 rings (SSSR count). The zero-order valence-corrected chi connectivity index (χ0v) is 8.99. The second kappa shape index (κ2) is 3.07. The summed E-state index contributed by atoms with van der Waals surface area (Å²) in [6, 6.07) is 3.38. The fourth-order valence-electron chi connectivity index (χ4n) is 1.78. The second-order valence-corrected chi connectivity index (χ2v) is 4.30. The standard InChI is InChI=1S/C12H12N2O2/c1-6(15)8-4-9(13)11-10(5-8)14-12(16-11)7-2-3-7/h4-5,7H,2-3,13H2,1H3. The van der Waals surface area contributed by atoms with Crippen LogP contribution in [0.2, 0.25) is 0 Å². The first-order valence-corrected chi connectivity index (χ1v) is 5.36. The number of Topliss-reactive ketones (excluding diaryl/α,β-unsaturated/α-hetero) is 1. The number of hydrogen-bond donors (Lipinski definition) is 1. The summed E-state index contributed by atoms with van der Waals surface area (Å²) in [6.45, 7) is 1.52. The number of carbonyl (C=O) groups is 1.